The van der Waals surface area contributed by atoms with E-state index in [4.69, 9.17) is 4.74 Å². The number of ether oxygens (including phenoxy) is 1. The van der Waals surface area contributed by atoms with Gasteiger partial charge in [0.25, 0.3) is 0 Å². The molecule has 0 saturated carbocycles. The highest BCUT2D eigenvalue weighted by molar-refractivity contribution is 5.45. The molecule has 0 atom stereocenters. The summed E-state index contributed by atoms with van der Waals surface area (Å²) in [5.74, 6) is 0. The quantitative estimate of drug-likeness (QED) is 0.411. The average molecular weight is 216 g/mol. The van der Waals surface area contributed by atoms with Crippen LogP contribution in [0.3, 0.4) is 0 Å². The van der Waals surface area contributed by atoms with E-state index in [1.165, 1.54) is 0 Å². The van der Waals surface area contributed by atoms with E-state index in [0.29, 0.717) is 0 Å². The lowest BCUT2D eigenvalue weighted by Crippen LogP contribution is -2.34. The highest BCUT2D eigenvalue weighted by atomic mass is 16.5. The Labute approximate surface area is 93.0 Å². The van der Waals surface area contributed by atoms with E-state index in [1.54, 1.807) is 0 Å². The van der Waals surface area contributed by atoms with Crippen molar-refractivity contribution in [2.45, 2.75) is 26.7 Å². The Morgan fingerprint density at radius 2 is 1.93 bits per heavy atom. The number of nitrogens with zero attached hydrogens (tertiary/aromatic N) is 1. The normalized spacial score (nSPS) is 10.6. The minimum atomic E-state index is 0.720. The first-order chi connectivity index (χ1) is 7.35. The van der Waals surface area contributed by atoms with Crippen LogP contribution in [0.15, 0.2) is 0 Å². The zero-order chi connectivity index (χ0) is 11.4. The van der Waals surface area contributed by atoms with Crippen molar-refractivity contribution >= 4 is 6.41 Å². The molecule has 0 spiro atoms. The van der Waals surface area contributed by atoms with Gasteiger partial charge in [-0.2, -0.15) is 0 Å². The largest absolute Gasteiger partial charge is 0.380 e. The van der Waals surface area contributed by atoms with E-state index in [0.717, 1.165) is 58.6 Å². The van der Waals surface area contributed by atoms with Crippen molar-refractivity contribution in [1.29, 1.82) is 0 Å². The standard InChI is InChI=1S/C11H24N2O2/c1-3-6-13(7-5-12-11-14)8-10-15-9-4-2/h11H,3-10H2,1-2H3,(H,12,14). The molecule has 0 aromatic heterocycles. The maximum atomic E-state index is 10.1. The third-order valence-corrected chi connectivity index (χ3v) is 2.10. The predicted molar refractivity (Wildman–Crippen MR) is 61.9 cm³/mol. The third-order valence-electron chi connectivity index (χ3n) is 2.10. The first-order valence-electron chi connectivity index (χ1n) is 5.82. The molecule has 0 saturated heterocycles. The Morgan fingerprint density at radius 3 is 2.53 bits per heavy atom. The highest BCUT2D eigenvalue weighted by Crippen LogP contribution is 1.91. The summed E-state index contributed by atoms with van der Waals surface area (Å²) in [5, 5.41) is 2.68. The van der Waals surface area contributed by atoms with Crippen molar-refractivity contribution in [2.75, 3.05) is 39.4 Å². The van der Waals surface area contributed by atoms with Crippen LogP contribution in [-0.4, -0.2) is 50.7 Å². The van der Waals surface area contributed by atoms with Gasteiger partial charge in [-0.05, 0) is 19.4 Å². The van der Waals surface area contributed by atoms with Crippen LogP contribution in [0.4, 0.5) is 0 Å². The van der Waals surface area contributed by atoms with Gasteiger partial charge in [0, 0.05) is 26.2 Å². The lowest BCUT2D eigenvalue weighted by Gasteiger charge is -2.21. The first-order valence-corrected chi connectivity index (χ1v) is 5.82. The fourth-order valence-corrected chi connectivity index (χ4v) is 1.37. The summed E-state index contributed by atoms with van der Waals surface area (Å²) in [6, 6.07) is 0. The monoisotopic (exact) mass is 216 g/mol. The Bertz CT molecular complexity index is 143. The molecular formula is C11H24N2O2. The SMILES string of the molecule is CCCOCCN(CCC)CCNC=O. The molecule has 0 radical (unpaired) electrons. The van der Waals surface area contributed by atoms with E-state index in [2.05, 4.69) is 24.1 Å². The molecule has 0 fully saturated rings. The molecule has 90 valence electrons. The molecule has 0 heterocycles. The van der Waals surface area contributed by atoms with Crippen LogP contribution >= 0.6 is 0 Å². The van der Waals surface area contributed by atoms with Gasteiger partial charge in [-0.25, -0.2) is 0 Å². The summed E-state index contributed by atoms with van der Waals surface area (Å²) in [6.07, 6.45) is 2.95. The van der Waals surface area contributed by atoms with Crippen molar-refractivity contribution in [3.05, 3.63) is 0 Å². The van der Waals surface area contributed by atoms with E-state index < -0.39 is 0 Å². The van der Waals surface area contributed by atoms with Crippen LogP contribution in [0.2, 0.25) is 0 Å². The summed E-state index contributed by atoms with van der Waals surface area (Å²) in [4.78, 5) is 12.4. The van der Waals surface area contributed by atoms with Crippen molar-refractivity contribution in [1.82, 2.24) is 10.2 Å². The molecule has 4 heteroatoms. The van der Waals surface area contributed by atoms with Gasteiger partial charge in [-0.3, -0.25) is 9.69 Å². The number of nitrogens with one attached hydrogen (secondary N) is 1. The Kier molecular flexibility index (Phi) is 11.0. The summed E-state index contributed by atoms with van der Waals surface area (Å²) in [6.45, 7) is 9.54. The molecule has 4 nitrogen and oxygen atoms in total. The van der Waals surface area contributed by atoms with Crippen LogP contribution in [-0.2, 0) is 9.53 Å². The van der Waals surface area contributed by atoms with Crippen LogP contribution < -0.4 is 5.32 Å². The third kappa shape index (κ3) is 9.69. The number of hydrogen-bond acceptors (Lipinski definition) is 3. The number of carbonyl (C=O) groups is 1. The van der Waals surface area contributed by atoms with Gasteiger partial charge in [0.05, 0.1) is 6.61 Å². The minimum Gasteiger partial charge on any atom is -0.380 e. The number of amides is 1. The van der Waals surface area contributed by atoms with Crippen molar-refractivity contribution < 1.29 is 9.53 Å². The van der Waals surface area contributed by atoms with Gasteiger partial charge in [-0.15, -0.1) is 0 Å². The van der Waals surface area contributed by atoms with E-state index in [-0.39, 0.29) is 0 Å². The molecule has 0 aromatic carbocycles. The van der Waals surface area contributed by atoms with E-state index in [9.17, 15) is 4.79 Å². The van der Waals surface area contributed by atoms with Crippen LogP contribution in [0.1, 0.15) is 26.7 Å². The second kappa shape index (κ2) is 11.5. The molecule has 15 heavy (non-hydrogen) atoms. The fourth-order valence-electron chi connectivity index (χ4n) is 1.37. The molecular weight excluding hydrogens is 192 g/mol. The lowest BCUT2D eigenvalue weighted by atomic mass is 10.4. The number of rotatable bonds is 11. The molecule has 0 bridgehead atoms. The smallest absolute Gasteiger partial charge is 0.207 e. The zero-order valence-corrected chi connectivity index (χ0v) is 10.00. The summed E-state index contributed by atoms with van der Waals surface area (Å²) >= 11 is 0. The van der Waals surface area contributed by atoms with Gasteiger partial charge < -0.3 is 10.1 Å². The van der Waals surface area contributed by atoms with Gasteiger partial charge in [0.2, 0.25) is 6.41 Å². The lowest BCUT2D eigenvalue weighted by molar-refractivity contribution is -0.109. The maximum Gasteiger partial charge on any atom is 0.207 e. The molecule has 0 aliphatic carbocycles. The Morgan fingerprint density at radius 1 is 1.13 bits per heavy atom. The second-order valence-electron chi connectivity index (χ2n) is 3.53. The molecule has 0 unspecified atom stereocenters. The molecule has 0 aliphatic rings. The van der Waals surface area contributed by atoms with Crippen LogP contribution in [0.25, 0.3) is 0 Å². The molecule has 1 N–H and O–H groups in total. The predicted octanol–water partition coefficient (Wildman–Crippen LogP) is 0.871. The van der Waals surface area contributed by atoms with Crippen LogP contribution in [0, 0.1) is 0 Å². The second-order valence-corrected chi connectivity index (χ2v) is 3.53. The molecule has 0 aromatic rings. The summed E-state index contributed by atoms with van der Waals surface area (Å²) in [5.41, 5.74) is 0. The maximum absolute atomic E-state index is 10.1. The van der Waals surface area contributed by atoms with E-state index >= 15 is 0 Å². The van der Waals surface area contributed by atoms with Gasteiger partial charge in [0.1, 0.15) is 0 Å². The minimum absolute atomic E-state index is 0.720. The van der Waals surface area contributed by atoms with Gasteiger partial charge in [-0.1, -0.05) is 13.8 Å². The highest BCUT2D eigenvalue weighted by Gasteiger charge is 2.02. The van der Waals surface area contributed by atoms with Crippen molar-refractivity contribution in [3.63, 3.8) is 0 Å². The summed E-state index contributed by atoms with van der Waals surface area (Å²) < 4.78 is 5.43. The topological polar surface area (TPSA) is 41.6 Å². The average Bonchev–Trinajstić information content (AvgIpc) is 2.24. The Hall–Kier alpha value is -0.610. The summed E-state index contributed by atoms with van der Waals surface area (Å²) in [7, 11) is 0. The zero-order valence-electron chi connectivity index (χ0n) is 10.00. The van der Waals surface area contributed by atoms with E-state index in [1.807, 2.05) is 0 Å². The molecule has 0 rings (SSSR count). The molecule has 1 amide bonds. The fraction of sp³-hybridized carbons (Fsp3) is 0.909. The first kappa shape index (κ1) is 14.4. The van der Waals surface area contributed by atoms with Crippen molar-refractivity contribution in [3.8, 4) is 0 Å². The van der Waals surface area contributed by atoms with Gasteiger partial charge >= 0.3 is 0 Å². The van der Waals surface area contributed by atoms with Crippen LogP contribution in [0.5, 0.6) is 0 Å². The van der Waals surface area contributed by atoms with Crippen molar-refractivity contribution in [2.24, 2.45) is 0 Å². The van der Waals surface area contributed by atoms with Gasteiger partial charge in [0.15, 0.2) is 0 Å². The molecule has 0 aliphatic heterocycles. The Balaban J connectivity index is 3.48. The number of hydrogen-bond donors (Lipinski definition) is 1. The number of carbonyl (C=O) groups excluding carboxylic acids is 1.